The highest BCUT2D eigenvalue weighted by molar-refractivity contribution is 7.89. The van der Waals surface area contributed by atoms with Gasteiger partial charge in [0.05, 0.1) is 9.82 Å². The van der Waals surface area contributed by atoms with Crippen LogP contribution in [0.15, 0.2) is 47.4 Å². The average Bonchev–Trinajstić information content (AvgIpc) is 2.98. The molecule has 180 valence electrons. The molecule has 0 aliphatic carbocycles. The molecule has 34 heavy (non-hydrogen) atoms. The maximum Gasteiger partial charge on any atom is 0.325 e. The van der Waals surface area contributed by atoms with E-state index in [2.05, 4.69) is 10.6 Å². The molecule has 1 fully saturated rings. The van der Waals surface area contributed by atoms with Gasteiger partial charge in [-0.1, -0.05) is 6.07 Å². The summed E-state index contributed by atoms with van der Waals surface area (Å²) in [7, 11) is -0.972. The van der Waals surface area contributed by atoms with Crippen molar-refractivity contribution in [1.82, 2.24) is 14.5 Å². The topological polar surface area (TPSA) is 159 Å². The van der Waals surface area contributed by atoms with Crippen molar-refractivity contribution >= 4 is 39.2 Å². The average molecular weight is 490 g/mol. The molecule has 1 aliphatic heterocycles. The van der Waals surface area contributed by atoms with Crippen molar-refractivity contribution in [2.24, 2.45) is 0 Å². The molecule has 13 heteroatoms. The fourth-order valence-corrected chi connectivity index (χ4v) is 4.59. The van der Waals surface area contributed by atoms with Gasteiger partial charge in [-0.15, -0.1) is 0 Å². The second kappa shape index (κ2) is 8.83. The lowest BCUT2D eigenvalue weighted by atomic mass is 9.92. The molecular formula is C21H23N5O7S. The summed E-state index contributed by atoms with van der Waals surface area (Å²) in [5.74, 6) is -1.42. The van der Waals surface area contributed by atoms with Crippen molar-refractivity contribution in [3.05, 3.63) is 63.7 Å². The molecule has 0 aromatic heterocycles. The largest absolute Gasteiger partial charge is 0.325 e. The molecule has 2 aromatic carbocycles. The van der Waals surface area contributed by atoms with Crippen molar-refractivity contribution in [3.8, 4) is 0 Å². The van der Waals surface area contributed by atoms with Crippen LogP contribution in [0.5, 0.6) is 0 Å². The first kappa shape index (κ1) is 24.8. The molecule has 0 radical (unpaired) electrons. The van der Waals surface area contributed by atoms with Crippen molar-refractivity contribution in [2.75, 3.05) is 26.0 Å². The number of non-ortho nitro benzene ring substituents is 1. The summed E-state index contributed by atoms with van der Waals surface area (Å²) in [6.45, 7) is 2.44. The monoisotopic (exact) mass is 489 g/mol. The first-order valence-electron chi connectivity index (χ1n) is 9.99. The van der Waals surface area contributed by atoms with E-state index in [0.29, 0.717) is 11.1 Å². The summed E-state index contributed by atoms with van der Waals surface area (Å²) in [4.78, 5) is 49.1. The number of sulfonamides is 1. The van der Waals surface area contributed by atoms with E-state index < -0.39 is 44.9 Å². The Bertz CT molecular complexity index is 1290. The molecular weight excluding hydrogens is 466 g/mol. The maximum absolute atomic E-state index is 13.0. The number of imide groups is 1. The van der Waals surface area contributed by atoms with E-state index in [4.69, 9.17) is 0 Å². The van der Waals surface area contributed by atoms with Crippen molar-refractivity contribution in [1.29, 1.82) is 0 Å². The number of hydrogen-bond acceptors (Lipinski definition) is 7. The van der Waals surface area contributed by atoms with Crippen LogP contribution in [0, 0.1) is 17.0 Å². The van der Waals surface area contributed by atoms with Crippen LogP contribution in [0.3, 0.4) is 0 Å². The third-order valence-electron chi connectivity index (χ3n) is 5.46. The normalized spacial score (nSPS) is 18.2. The SMILES string of the molecule is Cc1ccc(NC(=O)CN2C(=O)NC(C)(c3ccc([N+](=O)[O-])cc3)C2=O)cc1S(=O)(=O)N(C)C. The third kappa shape index (κ3) is 4.47. The molecule has 2 aromatic rings. The number of nitrogens with zero attached hydrogens (tertiary/aromatic N) is 3. The van der Waals surface area contributed by atoms with E-state index in [1.54, 1.807) is 6.92 Å². The second-order valence-corrected chi connectivity index (χ2v) is 10.2. The Morgan fingerprint density at radius 3 is 2.35 bits per heavy atom. The lowest BCUT2D eigenvalue weighted by molar-refractivity contribution is -0.384. The Balaban J connectivity index is 1.77. The number of anilines is 1. The predicted molar refractivity (Wildman–Crippen MR) is 121 cm³/mol. The van der Waals surface area contributed by atoms with Gasteiger partial charge in [0.2, 0.25) is 15.9 Å². The van der Waals surface area contributed by atoms with Crippen LogP contribution in [0.2, 0.25) is 0 Å². The second-order valence-electron chi connectivity index (χ2n) is 8.07. The fourth-order valence-electron chi connectivity index (χ4n) is 3.45. The first-order chi connectivity index (χ1) is 15.8. The summed E-state index contributed by atoms with van der Waals surface area (Å²) < 4.78 is 26.0. The third-order valence-corrected chi connectivity index (χ3v) is 7.42. The standard InChI is InChI=1S/C21H23N5O7S/c1-13-5-8-15(11-17(13)34(32,33)24(3)4)22-18(27)12-25-19(28)21(2,23-20(25)29)14-6-9-16(10-7-14)26(30)31/h5-11H,12H2,1-4H3,(H,22,27)(H,23,29). The molecule has 2 N–H and O–H groups in total. The van der Waals surface area contributed by atoms with Crippen molar-refractivity contribution in [3.63, 3.8) is 0 Å². The zero-order valence-corrected chi connectivity index (χ0v) is 19.7. The number of aryl methyl sites for hydroxylation is 1. The minimum atomic E-state index is -3.75. The number of carbonyl (C=O) groups is 3. The number of nitrogens with one attached hydrogen (secondary N) is 2. The van der Waals surface area contributed by atoms with E-state index >= 15 is 0 Å². The zero-order chi connectivity index (χ0) is 25.4. The predicted octanol–water partition coefficient (Wildman–Crippen LogP) is 1.56. The van der Waals surface area contributed by atoms with E-state index in [1.807, 2.05) is 0 Å². The lowest BCUT2D eigenvalue weighted by Crippen LogP contribution is -2.42. The number of urea groups is 1. The van der Waals surface area contributed by atoms with E-state index in [1.165, 1.54) is 63.5 Å². The van der Waals surface area contributed by atoms with Crippen LogP contribution in [0.1, 0.15) is 18.1 Å². The highest BCUT2D eigenvalue weighted by atomic mass is 32.2. The Hall–Kier alpha value is -3.84. The Kier molecular flexibility index (Phi) is 6.44. The van der Waals surface area contributed by atoms with Crippen molar-refractivity contribution in [2.45, 2.75) is 24.3 Å². The minimum absolute atomic E-state index is 0.0102. The van der Waals surface area contributed by atoms with Gasteiger partial charge >= 0.3 is 6.03 Å². The fraction of sp³-hybridized carbons (Fsp3) is 0.286. The molecule has 1 saturated heterocycles. The summed E-state index contributed by atoms with van der Waals surface area (Å²) in [6.07, 6.45) is 0. The Morgan fingerprint density at radius 2 is 1.79 bits per heavy atom. The minimum Gasteiger partial charge on any atom is -0.324 e. The molecule has 1 heterocycles. The van der Waals surface area contributed by atoms with Crippen LogP contribution in [0.4, 0.5) is 16.2 Å². The van der Waals surface area contributed by atoms with Gasteiger partial charge in [0, 0.05) is 31.9 Å². The molecule has 4 amide bonds. The number of nitro groups is 1. The highest BCUT2D eigenvalue weighted by Crippen LogP contribution is 2.30. The molecule has 1 unspecified atom stereocenters. The summed E-state index contributed by atoms with van der Waals surface area (Å²) >= 11 is 0. The number of benzene rings is 2. The molecule has 3 rings (SSSR count). The lowest BCUT2D eigenvalue weighted by Gasteiger charge is -2.22. The van der Waals surface area contributed by atoms with Crippen molar-refractivity contribution < 1.29 is 27.7 Å². The molecule has 1 aliphatic rings. The molecule has 12 nitrogen and oxygen atoms in total. The number of rotatable bonds is 7. The number of carbonyl (C=O) groups excluding carboxylic acids is 3. The van der Waals surface area contributed by atoms with Gasteiger partial charge in [-0.25, -0.2) is 17.5 Å². The van der Waals surface area contributed by atoms with Gasteiger partial charge in [-0.05, 0) is 49.2 Å². The van der Waals surface area contributed by atoms with Gasteiger partial charge in [0.25, 0.3) is 11.6 Å². The summed E-state index contributed by atoms with van der Waals surface area (Å²) in [5.41, 5.74) is -0.699. The number of hydrogen-bond donors (Lipinski definition) is 2. The van der Waals surface area contributed by atoms with Gasteiger partial charge in [-0.3, -0.25) is 24.6 Å². The summed E-state index contributed by atoms with van der Waals surface area (Å²) in [5, 5.41) is 15.9. The van der Waals surface area contributed by atoms with Gasteiger partial charge in [0.1, 0.15) is 12.1 Å². The first-order valence-corrected chi connectivity index (χ1v) is 11.4. The van der Waals surface area contributed by atoms with Crippen LogP contribution in [-0.4, -0.2) is 61.0 Å². The van der Waals surface area contributed by atoms with E-state index in [9.17, 15) is 32.9 Å². The zero-order valence-electron chi connectivity index (χ0n) is 18.9. The Labute approximate surface area is 195 Å². The number of amides is 4. The van der Waals surface area contributed by atoms with E-state index in [-0.39, 0.29) is 16.3 Å². The molecule has 0 saturated carbocycles. The van der Waals surface area contributed by atoms with Gasteiger partial charge < -0.3 is 10.6 Å². The quantitative estimate of drug-likeness (QED) is 0.339. The molecule has 0 bridgehead atoms. The molecule has 1 atom stereocenters. The van der Waals surface area contributed by atoms with Gasteiger partial charge in [0.15, 0.2) is 0 Å². The van der Waals surface area contributed by atoms with Crippen LogP contribution in [0.25, 0.3) is 0 Å². The van der Waals surface area contributed by atoms with Crippen LogP contribution < -0.4 is 10.6 Å². The van der Waals surface area contributed by atoms with Crippen LogP contribution in [-0.2, 0) is 25.2 Å². The van der Waals surface area contributed by atoms with Gasteiger partial charge in [-0.2, -0.15) is 0 Å². The number of nitro benzene ring substituents is 1. The Morgan fingerprint density at radius 1 is 1.18 bits per heavy atom. The highest BCUT2D eigenvalue weighted by Gasteiger charge is 2.49. The maximum atomic E-state index is 13.0. The van der Waals surface area contributed by atoms with Crippen LogP contribution >= 0.6 is 0 Å². The molecule has 0 spiro atoms. The smallest absolute Gasteiger partial charge is 0.324 e. The summed E-state index contributed by atoms with van der Waals surface area (Å²) in [6, 6.07) is 8.69. The van der Waals surface area contributed by atoms with E-state index in [0.717, 1.165) is 9.21 Å².